The Labute approximate surface area is 191 Å². The van der Waals surface area contributed by atoms with E-state index in [9.17, 15) is 19.2 Å². The van der Waals surface area contributed by atoms with Gasteiger partial charge in [0.25, 0.3) is 5.91 Å². The van der Waals surface area contributed by atoms with Gasteiger partial charge in [-0.25, -0.2) is 4.79 Å². The van der Waals surface area contributed by atoms with Crippen LogP contribution in [0.3, 0.4) is 0 Å². The second kappa shape index (κ2) is 7.81. The van der Waals surface area contributed by atoms with Crippen molar-refractivity contribution in [2.75, 3.05) is 26.2 Å². The number of ether oxygens (including phenoxy) is 1. The Morgan fingerprint density at radius 3 is 2.82 bits per heavy atom. The van der Waals surface area contributed by atoms with Gasteiger partial charge in [-0.3, -0.25) is 29.5 Å². The van der Waals surface area contributed by atoms with Gasteiger partial charge in [-0.2, -0.15) is 0 Å². The summed E-state index contributed by atoms with van der Waals surface area (Å²) in [7, 11) is 0. The largest absolute Gasteiger partial charge is 0.442 e. The quantitative estimate of drug-likeness (QED) is 0.608. The van der Waals surface area contributed by atoms with E-state index in [4.69, 9.17) is 4.74 Å². The van der Waals surface area contributed by atoms with Crippen molar-refractivity contribution in [1.82, 2.24) is 25.3 Å². The molecule has 0 bridgehead atoms. The number of amides is 4. The Morgan fingerprint density at radius 2 is 1.97 bits per heavy atom. The van der Waals surface area contributed by atoms with Crippen molar-refractivity contribution in [2.45, 2.75) is 56.6 Å². The molecule has 33 heavy (non-hydrogen) atoms. The Bertz CT molecular complexity index is 1040. The molecule has 6 rings (SSSR count). The van der Waals surface area contributed by atoms with Crippen LogP contribution in [0.1, 0.15) is 40.7 Å². The minimum Gasteiger partial charge on any atom is -0.442 e. The molecular weight excluding hydrogens is 426 g/mol. The minimum atomic E-state index is -0.598. The smallest absolute Gasteiger partial charge is 0.410 e. The van der Waals surface area contributed by atoms with Crippen LogP contribution in [0.2, 0.25) is 0 Å². The maximum Gasteiger partial charge on any atom is 0.410 e. The number of nitrogens with zero attached hydrogens (tertiary/aromatic N) is 3. The number of nitrogens with one attached hydrogen (secondary N) is 2. The van der Waals surface area contributed by atoms with Gasteiger partial charge in [-0.05, 0) is 30.0 Å². The van der Waals surface area contributed by atoms with Gasteiger partial charge in [0.15, 0.2) is 0 Å². The van der Waals surface area contributed by atoms with E-state index in [0.717, 1.165) is 50.3 Å². The number of benzene rings is 1. The molecule has 0 aromatic heterocycles. The summed E-state index contributed by atoms with van der Waals surface area (Å²) in [4.78, 5) is 54.8. The fourth-order valence-corrected chi connectivity index (χ4v) is 5.95. The van der Waals surface area contributed by atoms with Crippen LogP contribution >= 0.6 is 0 Å². The Hall–Kier alpha value is -2.98. The third kappa shape index (κ3) is 3.48. The lowest BCUT2D eigenvalue weighted by Crippen LogP contribution is -2.52. The van der Waals surface area contributed by atoms with Gasteiger partial charge in [0.05, 0.1) is 6.04 Å². The normalized spacial score (nSPS) is 31.8. The van der Waals surface area contributed by atoms with Gasteiger partial charge >= 0.3 is 6.09 Å². The lowest BCUT2D eigenvalue weighted by molar-refractivity contribution is -0.136. The molecule has 1 aromatic carbocycles. The molecule has 2 N–H and O–H groups in total. The van der Waals surface area contributed by atoms with Crippen LogP contribution in [0, 0.1) is 0 Å². The van der Waals surface area contributed by atoms with Crippen LogP contribution in [0.15, 0.2) is 18.2 Å². The summed E-state index contributed by atoms with van der Waals surface area (Å²) >= 11 is 0. The number of hydrogen-bond donors (Lipinski definition) is 2. The average molecular weight is 453 g/mol. The first-order valence-electron chi connectivity index (χ1n) is 11.7. The predicted octanol–water partition coefficient (Wildman–Crippen LogP) is -0.185. The number of likely N-dealkylation sites (tertiary alicyclic amines) is 1. The highest BCUT2D eigenvalue weighted by molar-refractivity contribution is 6.05. The molecule has 1 aromatic rings. The van der Waals surface area contributed by atoms with Crippen molar-refractivity contribution in [1.29, 1.82) is 0 Å². The SMILES string of the molecule is O=C1CCC(N2Cc3cc(CN4CCC(N5C(=O)O[C@@H]6CNC[C@@H]65)C4)ccc3C2=O)C(=O)N1. The third-order valence-electron chi connectivity index (χ3n) is 7.58. The summed E-state index contributed by atoms with van der Waals surface area (Å²) in [6.45, 7) is 4.34. The summed E-state index contributed by atoms with van der Waals surface area (Å²) in [5, 5.41) is 5.64. The van der Waals surface area contributed by atoms with Gasteiger partial charge in [-0.15, -0.1) is 0 Å². The molecule has 4 saturated heterocycles. The molecule has 5 heterocycles. The van der Waals surface area contributed by atoms with E-state index in [1.54, 1.807) is 4.90 Å². The second-order valence-corrected chi connectivity index (χ2v) is 9.62. The molecule has 4 fully saturated rings. The van der Waals surface area contributed by atoms with Crippen LogP contribution in [0.25, 0.3) is 0 Å². The van der Waals surface area contributed by atoms with E-state index in [2.05, 4.69) is 15.5 Å². The molecule has 2 unspecified atom stereocenters. The van der Waals surface area contributed by atoms with Gasteiger partial charge in [0.1, 0.15) is 12.1 Å². The van der Waals surface area contributed by atoms with Gasteiger partial charge in [-0.1, -0.05) is 12.1 Å². The van der Waals surface area contributed by atoms with Crippen LogP contribution in [-0.2, 0) is 27.4 Å². The summed E-state index contributed by atoms with van der Waals surface area (Å²) in [5.41, 5.74) is 2.65. The number of imide groups is 1. The highest BCUT2D eigenvalue weighted by Crippen LogP contribution is 2.31. The first kappa shape index (κ1) is 20.6. The summed E-state index contributed by atoms with van der Waals surface area (Å²) in [6.07, 6.45) is 1.31. The first-order chi connectivity index (χ1) is 16.0. The minimum absolute atomic E-state index is 0.0342. The topological polar surface area (TPSA) is 111 Å². The van der Waals surface area contributed by atoms with Gasteiger partial charge in [0.2, 0.25) is 11.8 Å². The fourth-order valence-electron chi connectivity index (χ4n) is 5.95. The number of fused-ring (bicyclic) bond motifs is 2. The number of carbonyl (C=O) groups is 4. The van der Waals surface area contributed by atoms with E-state index >= 15 is 0 Å². The number of piperidine rings is 1. The van der Waals surface area contributed by atoms with Gasteiger partial charge < -0.3 is 15.0 Å². The number of rotatable bonds is 4. The lowest BCUT2D eigenvalue weighted by Gasteiger charge is -2.29. The van der Waals surface area contributed by atoms with Crippen LogP contribution in [0.5, 0.6) is 0 Å². The highest BCUT2D eigenvalue weighted by Gasteiger charge is 2.48. The molecular formula is C23H27N5O5. The molecule has 0 saturated carbocycles. The number of carbonyl (C=O) groups excluding carboxylic acids is 4. The zero-order valence-electron chi connectivity index (χ0n) is 18.3. The van der Waals surface area contributed by atoms with Crippen LogP contribution < -0.4 is 10.6 Å². The van der Waals surface area contributed by atoms with E-state index in [-0.39, 0.29) is 42.5 Å². The monoisotopic (exact) mass is 453 g/mol. The molecule has 0 aliphatic carbocycles. The zero-order valence-corrected chi connectivity index (χ0v) is 18.3. The summed E-state index contributed by atoms with van der Waals surface area (Å²) < 4.78 is 5.52. The predicted molar refractivity (Wildman–Crippen MR) is 115 cm³/mol. The van der Waals surface area contributed by atoms with Crippen molar-refractivity contribution in [2.24, 2.45) is 0 Å². The van der Waals surface area contributed by atoms with Crippen molar-refractivity contribution in [3.63, 3.8) is 0 Å². The van der Waals surface area contributed by atoms with Gasteiger partial charge in [0, 0.05) is 57.3 Å². The van der Waals surface area contributed by atoms with Crippen LogP contribution in [0.4, 0.5) is 4.79 Å². The molecule has 4 amide bonds. The molecule has 5 aliphatic rings. The number of hydrogen-bond acceptors (Lipinski definition) is 7. The Morgan fingerprint density at radius 1 is 1.09 bits per heavy atom. The molecule has 10 heteroatoms. The molecule has 10 nitrogen and oxygen atoms in total. The highest BCUT2D eigenvalue weighted by atomic mass is 16.6. The Balaban J connectivity index is 1.11. The van der Waals surface area contributed by atoms with Crippen LogP contribution in [-0.4, -0.2) is 88.9 Å². The maximum atomic E-state index is 12.9. The second-order valence-electron chi connectivity index (χ2n) is 9.62. The fraction of sp³-hybridized carbons (Fsp3) is 0.565. The average Bonchev–Trinajstić information content (AvgIpc) is 3.53. The molecule has 4 atom stereocenters. The molecule has 0 spiro atoms. The maximum absolute atomic E-state index is 12.9. The molecule has 5 aliphatic heterocycles. The third-order valence-corrected chi connectivity index (χ3v) is 7.58. The standard InChI is InChI=1S/C23H27N5O5/c29-20-4-3-17(21(30)25-20)27-11-14-7-13(1-2-16(14)22(27)31)10-26-6-5-15(12-26)28-18-8-24-9-19(18)33-23(28)32/h1-2,7,15,17-19,24H,3-6,8-12H2,(H,25,29,30)/t15?,17?,18-,19+/m0/s1. The summed E-state index contributed by atoms with van der Waals surface area (Å²) in [6, 6.07) is 5.56. The van der Waals surface area contributed by atoms with E-state index in [1.165, 1.54) is 0 Å². The van der Waals surface area contributed by atoms with E-state index in [1.807, 2.05) is 23.1 Å². The van der Waals surface area contributed by atoms with Crippen molar-refractivity contribution in [3.8, 4) is 0 Å². The zero-order chi connectivity index (χ0) is 22.7. The van der Waals surface area contributed by atoms with Crippen molar-refractivity contribution in [3.05, 3.63) is 34.9 Å². The van der Waals surface area contributed by atoms with E-state index < -0.39 is 11.9 Å². The first-order valence-corrected chi connectivity index (χ1v) is 11.7. The molecule has 0 radical (unpaired) electrons. The summed E-state index contributed by atoms with van der Waals surface area (Å²) in [5.74, 6) is -0.830. The van der Waals surface area contributed by atoms with Crippen molar-refractivity contribution < 1.29 is 23.9 Å². The lowest BCUT2D eigenvalue weighted by atomic mass is 10.0. The van der Waals surface area contributed by atoms with Crippen molar-refractivity contribution >= 4 is 23.8 Å². The molecule has 174 valence electrons. The Kier molecular flexibility index (Phi) is 4.88. The van der Waals surface area contributed by atoms with E-state index in [0.29, 0.717) is 18.5 Å².